The lowest BCUT2D eigenvalue weighted by Gasteiger charge is -2.11. The summed E-state index contributed by atoms with van der Waals surface area (Å²) in [5.41, 5.74) is 0. The predicted molar refractivity (Wildman–Crippen MR) is 34.6 cm³/mol. The predicted octanol–water partition coefficient (Wildman–Crippen LogP) is 2.02. The molecule has 0 spiro atoms. The van der Waals surface area contributed by atoms with E-state index in [1.165, 1.54) is 0 Å². The number of hydrogen-bond donors (Lipinski definition) is 0. The lowest BCUT2D eigenvalue weighted by Crippen LogP contribution is -2.13. The maximum atomic E-state index is 11.7. The summed E-state index contributed by atoms with van der Waals surface area (Å²) < 4.78 is 23.3. The Hall–Kier alpha value is -0.470. The summed E-state index contributed by atoms with van der Waals surface area (Å²) in [4.78, 5) is 10.0. The Kier molecular flexibility index (Phi) is 4.16. The summed E-state index contributed by atoms with van der Waals surface area (Å²) in [7, 11) is 0. The smallest absolute Gasteiger partial charge is 0.239 e. The van der Waals surface area contributed by atoms with Gasteiger partial charge in [0.2, 0.25) is 12.7 Å². The Balaban J connectivity index is 3.71. The molecule has 0 aromatic carbocycles. The van der Waals surface area contributed by atoms with Gasteiger partial charge in [-0.1, -0.05) is 13.8 Å². The molecule has 0 aliphatic heterocycles. The molecular weight excluding hydrogens is 138 g/mol. The van der Waals surface area contributed by atoms with E-state index in [2.05, 4.69) is 0 Å². The van der Waals surface area contributed by atoms with Gasteiger partial charge in [-0.15, -0.1) is 0 Å². The van der Waals surface area contributed by atoms with Crippen LogP contribution in [-0.2, 0) is 4.79 Å². The molecule has 1 atom stereocenters. The van der Waals surface area contributed by atoms with Crippen LogP contribution in [0.1, 0.15) is 20.3 Å². The summed E-state index contributed by atoms with van der Waals surface area (Å²) in [6.07, 6.45) is -1.15. The second-order valence-electron chi connectivity index (χ2n) is 2.60. The van der Waals surface area contributed by atoms with Gasteiger partial charge in [-0.3, -0.25) is 4.79 Å². The summed E-state index contributed by atoms with van der Waals surface area (Å²) >= 11 is 0. The van der Waals surface area contributed by atoms with Crippen LogP contribution < -0.4 is 0 Å². The summed E-state index contributed by atoms with van der Waals surface area (Å²) in [5, 5.41) is 0. The van der Waals surface area contributed by atoms with E-state index in [1.54, 1.807) is 20.1 Å². The van der Waals surface area contributed by atoms with Crippen molar-refractivity contribution in [3.63, 3.8) is 0 Å². The number of halogens is 2. The highest BCUT2D eigenvalue weighted by Crippen LogP contribution is 2.16. The van der Waals surface area contributed by atoms with Gasteiger partial charge in [-0.05, 0) is 5.92 Å². The van der Waals surface area contributed by atoms with Gasteiger partial charge in [-0.25, -0.2) is 8.78 Å². The highest BCUT2D eigenvalue weighted by molar-refractivity contribution is 5.54. The summed E-state index contributed by atoms with van der Waals surface area (Å²) in [6, 6.07) is 0. The molecule has 0 bridgehead atoms. The number of carbonyl (C=O) groups excluding carboxylic acids is 1. The van der Waals surface area contributed by atoms with Crippen molar-refractivity contribution < 1.29 is 13.6 Å². The van der Waals surface area contributed by atoms with Gasteiger partial charge >= 0.3 is 0 Å². The molecule has 0 amide bonds. The quantitative estimate of drug-likeness (QED) is 0.597. The summed E-state index contributed by atoms with van der Waals surface area (Å²) in [6.45, 7) is 3.47. The molecule has 0 fully saturated rings. The second kappa shape index (κ2) is 4.36. The largest absolute Gasteiger partial charge is 0.291 e. The first-order chi connectivity index (χ1) is 4.57. The van der Waals surface area contributed by atoms with Crippen LogP contribution in [0.2, 0.25) is 0 Å². The van der Waals surface area contributed by atoms with Crippen LogP contribution in [0.5, 0.6) is 0 Å². The number of alkyl halides is 2. The Bertz CT molecular complexity index is 102. The molecule has 0 rings (SSSR count). The molecule has 1 radical (unpaired) electrons. The Morgan fingerprint density at radius 1 is 1.40 bits per heavy atom. The first kappa shape index (κ1) is 9.53. The SMILES string of the molecule is CC(C)C([C]=O)CC(F)F. The maximum Gasteiger partial charge on any atom is 0.239 e. The molecule has 59 valence electrons. The molecule has 1 nitrogen and oxygen atoms in total. The van der Waals surface area contributed by atoms with Gasteiger partial charge in [0, 0.05) is 12.3 Å². The number of rotatable bonds is 4. The first-order valence-electron chi connectivity index (χ1n) is 3.23. The van der Waals surface area contributed by atoms with Gasteiger partial charge in [-0.2, -0.15) is 0 Å². The van der Waals surface area contributed by atoms with E-state index in [4.69, 9.17) is 0 Å². The minimum Gasteiger partial charge on any atom is -0.291 e. The average molecular weight is 149 g/mol. The van der Waals surface area contributed by atoms with Gasteiger partial charge in [0.1, 0.15) is 0 Å². The van der Waals surface area contributed by atoms with Crippen LogP contribution in [0.4, 0.5) is 8.78 Å². The van der Waals surface area contributed by atoms with E-state index in [-0.39, 0.29) is 12.3 Å². The molecule has 0 aliphatic rings. The van der Waals surface area contributed by atoms with E-state index in [9.17, 15) is 13.6 Å². The minimum absolute atomic E-state index is 0.0356. The third kappa shape index (κ3) is 3.54. The minimum atomic E-state index is -2.39. The highest BCUT2D eigenvalue weighted by atomic mass is 19.3. The topological polar surface area (TPSA) is 17.1 Å². The number of hydrogen-bond acceptors (Lipinski definition) is 1. The normalized spacial score (nSPS) is 14.2. The van der Waals surface area contributed by atoms with Crippen molar-refractivity contribution in [3.05, 3.63) is 0 Å². The molecule has 0 aromatic heterocycles. The van der Waals surface area contributed by atoms with Gasteiger partial charge < -0.3 is 0 Å². The maximum absolute atomic E-state index is 11.7. The standard InChI is InChI=1S/C7H11F2O/c1-5(2)6(4-10)3-7(8)9/h5-7H,3H2,1-2H3. The van der Waals surface area contributed by atoms with E-state index in [0.29, 0.717) is 0 Å². The van der Waals surface area contributed by atoms with Crippen LogP contribution in [-0.4, -0.2) is 12.7 Å². The van der Waals surface area contributed by atoms with Crippen LogP contribution in [0.15, 0.2) is 0 Å². The van der Waals surface area contributed by atoms with Crippen LogP contribution >= 0.6 is 0 Å². The zero-order valence-corrected chi connectivity index (χ0v) is 6.10. The highest BCUT2D eigenvalue weighted by Gasteiger charge is 2.18. The van der Waals surface area contributed by atoms with E-state index in [1.807, 2.05) is 0 Å². The lowest BCUT2D eigenvalue weighted by atomic mass is 9.94. The van der Waals surface area contributed by atoms with Crippen molar-refractivity contribution in [2.75, 3.05) is 0 Å². The fourth-order valence-corrected chi connectivity index (χ4v) is 0.648. The third-order valence-corrected chi connectivity index (χ3v) is 1.39. The molecular formula is C7H11F2O. The molecule has 0 aromatic rings. The molecule has 3 heteroatoms. The zero-order chi connectivity index (χ0) is 8.15. The van der Waals surface area contributed by atoms with Crippen molar-refractivity contribution in [2.45, 2.75) is 26.7 Å². The molecule has 10 heavy (non-hydrogen) atoms. The van der Waals surface area contributed by atoms with Gasteiger partial charge in [0.05, 0.1) is 0 Å². The zero-order valence-electron chi connectivity index (χ0n) is 6.10. The second-order valence-corrected chi connectivity index (χ2v) is 2.60. The van der Waals surface area contributed by atoms with Crippen LogP contribution in [0.25, 0.3) is 0 Å². The first-order valence-corrected chi connectivity index (χ1v) is 3.23. The monoisotopic (exact) mass is 149 g/mol. The van der Waals surface area contributed by atoms with E-state index >= 15 is 0 Å². The molecule has 0 N–H and O–H groups in total. The summed E-state index contributed by atoms with van der Waals surface area (Å²) in [5.74, 6) is -0.647. The lowest BCUT2D eigenvalue weighted by molar-refractivity contribution is 0.117. The molecule has 0 saturated heterocycles. The molecule has 0 heterocycles. The van der Waals surface area contributed by atoms with E-state index < -0.39 is 12.3 Å². The fraction of sp³-hybridized carbons (Fsp3) is 0.857. The Morgan fingerprint density at radius 3 is 2.00 bits per heavy atom. The van der Waals surface area contributed by atoms with Gasteiger partial charge in [0.25, 0.3) is 0 Å². The Morgan fingerprint density at radius 2 is 1.90 bits per heavy atom. The fourth-order valence-electron chi connectivity index (χ4n) is 0.648. The molecule has 1 unspecified atom stereocenters. The van der Waals surface area contributed by atoms with Crippen molar-refractivity contribution in [1.29, 1.82) is 0 Å². The van der Waals surface area contributed by atoms with Crippen molar-refractivity contribution >= 4 is 6.29 Å². The molecule has 0 aliphatic carbocycles. The van der Waals surface area contributed by atoms with Gasteiger partial charge in [0.15, 0.2) is 0 Å². The van der Waals surface area contributed by atoms with Crippen molar-refractivity contribution in [1.82, 2.24) is 0 Å². The Labute approximate surface area is 59.4 Å². The molecule has 0 saturated carbocycles. The van der Waals surface area contributed by atoms with Crippen molar-refractivity contribution in [2.24, 2.45) is 11.8 Å². The average Bonchev–Trinajstić information content (AvgIpc) is 1.81. The van der Waals surface area contributed by atoms with Crippen LogP contribution in [0.3, 0.4) is 0 Å². The van der Waals surface area contributed by atoms with Crippen molar-refractivity contribution in [3.8, 4) is 0 Å². The van der Waals surface area contributed by atoms with Crippen LogP contribution in [0, 0.1) is 11.8 Å². The third-order valence-electron chi connectivity index (χ3n) is 1.39. The van der Waals surface area contributed by atoms with E-state index in [0.717, 1.165) is 0 Å².